The Hall–Kier alpha value is -2.52. The van der Waals surface area contributed by atoms with E-state index in [2.05, 4.69) is 15.3 Å². The third kappa shape index (κ3) is 6.29. The van der Waals surface area contributed by atoms with Gasteiger partial charge >= 0.3 is 0 Å². The number of nitrogens with zero attached hydrogens (tertiary/aromatic N) is 1. The molecule has 0 fully saturated rings. The van der Waals surface area contributed by atoms with Crippen LogP contribution in [0.1, 0.15) is 42.6 Å². The second-order valence-corrected chi connectivity index (χ2v) is 10.1. The maximum absolute atomic E-state index is 12.5. The number of fused-ring (bicyclic) bond motifs is 1. The Morgan fingerprint density at radius 3 is 2.67 bits per heavy atom. The molecular weight excluding hydrogens is 458 g/mol. The number of amides is 1. The summed E-state index contributed by atoms with van der Waals surface area (Å²) >= 11 is 2.98. The number of aryl methyl sites for hydroxylation is 2. The van der Waals surface area contributed by atoms with E-state index in [9.17, 15) is 9.59 Å². The SMILES string of the molecule is CCOc1ccc(CCNC(=O)C(C)SCc2nc3sc(C)c(C)c3c(=O)[nH]2)cc1OCC. The van der Waals surface area contributed by atoms with Crippen LogP contribution in [-0.4, -0.2) is 40.9 Å². The molecule has 0 radical (unpaired) electrons. The minimum atomic E-state index is -0.267. The van der Waals surface area contributed by atoms with Crippen molar-refractivity contribution in [1.29, 1.82) is 0 Å². The summed E-state index contributed by atoms with van der Waals surface area (Å²) in [5.74, 6) is 2.47. The van der Waals surface area contributed by atoms with Crippen molar-refractivity contribution in [3.63, 3.8) is 0 Å². The van der Waals surface area contributed by atoms with Gasteiger partial charge in [-0.15, -0.1) is 23.1 Å². The van der Waals surface area contributed by atoms with E-state index >= 15 is 0 Å². The molecular formula is C24H31N3O4S2. The molecule has 1 atom stereocenters. The van der Waals surface area contributed by atoms with E-state index in [-0.39, 0.29) is 16.7 Å². The van der Waals surface area contributed by atoms with E-state index in [4.69, 9.17) is 9.47 Å². The number of aromatic nitrogens is 2. The molecule has 9 heteroatoms. The van der Waals surface area contributed by atoms with Crippen molar-refractivity contribution in [2.75, 3.05) is 19.8 Å². The fourth-order valence-corrected chi connectivity index (χ4v) is 5.20. The third-order valence-electron chi connectivity index (χ3n) is 5.25. The van der Waals surface area contributed by atoms with Gasteiger partial charge in [0, 0.05) is 11.4 Å². The fourth-order valence-electron chi connectivity index (χ4n) is 3.37. The Morgan fingerprint density at radius 2 is 1.94 bits per heavy atom. The van der Waals surface area contributed by atoms with Gasteiger partial charge in [0.15, 0.2) is 11.5 Å². The van der Waals surface area contributed by atoms with E-state index in [0.717, 1.165) is 32.3 Å². The van der Waals surface area contributed by atoms with Crippen LogP contribution in [0.4, 0.5) is 0 Å². The lowest BCUT2D eigenvalue weighted by Gasteiger charge is -2.14. The summed E-state index contributed by atoms with van der Waals surface area (Å²) in [4.78, 5) is 34.2. The summed E-state index contributed by atoms with van der Waals surface area (Å²) in [5.41, 5.74) is 1.94. The largest absolute Gasteiger partial charge is 0.490 e. The van der Waals surface area contributed by atoms with Crippen LogP contribution in [0, 0.1) is 13.8 Å². The average molecular weight is 490 g/mol. The summed E-state index contributed by atoms with van der Waals surface area (Å²) < 4.78 is 11.3. The molecule has 0 bridgehead atoms. The Labute approximate surface area is 202 Å². The van der Waals surface area contributed by atoms with Crippen molar-refractivity contribution >= 4 is 39.2 Å². The molecule has 33 heavy (non-hydrogen) atoms. The summed E-state index contributed by atoms with van der Waals surface area (Å²) in [6, 6.07) is 5.86. The van der Waals surface area contributed by atoms with E-state index in [1.807, 2.05) is 52.8 Å². The number of aromatic amines is 1. The van der Waals surface area contributed by atoms with Crippen molar-refractivity contribution < 1.29 is 14.3 Å². The predicted molar refractivity (Wildman–Crippen MR) is 136 cm³/mol. The lowest BCUT2D eigenvalue weighted by Crippen LogP contribution is -2.32. The van der Waals surface area contributed by atoms with Crippen molar-refractivity contribution in [3.8, 4) is 11.5 Å². The highest BCUT2D eigenvalue weighted by atomic mass is 32.2. The predicted octanol–water partition coefficient (Wildman–Crippen LogP) is 4.38. The first-order valence-corrected chi connectivity index (χ1v) is 13.0. The molecule has 3 rings (SSSR count). The van der Waals surface area contributed by atoms with E-state index < -0.39 is 0 Å². The highest BCUT2D eigenvalue weighted by Crippen LogP contribution is 2.29. The fraction of sp³-hybridized carbons (Fsp3) is 0.458. The number of H-pyrrole nitrogens is 1. The van der Waals surface area contributed by atoms with Gasteiger partial charge < -0.3 is 19.8 Å². The molecule has 0 saturated carbocycles. The van der Waals surface area contributed by atoms with Gasteiger partial charge in [0.05, 0.1) is 29.6 Å². The summed E-state index contributed by atoms with van der Waals surface area (Å²) in [5, 5.41) is 3.39. The Kier molecular flexibility index (Phi) is 8.80. The average Bonchev–Trinajstić information content (AvgIpc) is 3.07. The van der Waals surface area contributed by atoms with Crippen LogP contribution < -0.4 is 20.3 Å². The van der Waals surface area contributed by atoms with Gasteiger partial charge in [-0.05, 0) is 64.3 Å². The molecule has 1 amide bonds. The van der Waals surface area contributed by atoms with Gasteiger partial charge in [-0.3, -0.25) is 9.59 Å². The number of hydrogen-bond donors (Lipinski definition) is 2. The minimum absolute atomic E-state index is 0.0396. The quantitative estimate of drug-likeness (QED) is 0.415. The van der Waals surface area contributed by atoms with Crippen LogP contribution in [-0.2, 0) is 17.0 Å². The molecule has 0 aliphatic carbocycles. The summed E-state index contributed by atoms with van der Waals surface area (Å²) in [6.45, 7) is 11.3. The van der Waals surface area contributed by atoms with E-state index in [1.165, 1.54) is 23.1 Å². The Balaban J connectivity index is 1.51. The molecule has 7 nitrogen and oxygen atoms in total. The van der Waals surface area contributed by atoms with Crippen LogP contribution >= 0.6 is 23.1 Å². The zero-order valence-corrected chi connectivity index (χ0v) is 21.4. The molecule has 2 N–H and O–H groups in total. The van der Waals surface area contributed by atoms with Gasteiger partial charge in [-0.1, -0.05) is 6.07 Å². The second-order valence-electron chi connectivity index (χ2n) is 7.62. The number of benzene rings is 1. The van der Waals surface area contributed by atoms with Crippen LogP contribution in [0.5, 0.6) is 11.5 Å². The standard InChI is InChI=1S/C24H31N3O4S2/c1-6-30-18-9-8-17(12-19(18)31-7-2)10-11-25-22(28)16(5)32-13-20-26-23(29)21-14(3)15(4)33-24(21)27-20/h8-9,12,16H,6-7,10-11,13H2,1-5H3,(H,25,28)(H,26,27,29). The smallest absolute Gasteiger partial charge is 0.259 e. The van der Waals surface area contributed by atoms with Crippen LogP contribution in [0.3, 0.4) is 0 Å². The van der Waals surface area contributed by atoms with Crippen molar-refractivity contribution in [1.82, 2.24) is 15.3 Å². The zero-order valence-electron chi connectivity index (χ0n) is 19.7. The number of rotatable bonds is 11. The molecule has 2 aromatic heterocycles. The number of thioether (sulfide) groups is 1. The van der Waals surface area contributed by atoms with Crippen LogP contribution in [0.15, 0.2) is 23.0 Å². The normalized spacial score (nSPS) is 12.0. The lowest BCUT2D eigenvalue weighted by molar-refractivity contribution is -0.120. The molecule has 1 aromatic carbocycles. The van der Waals surface area contributed by atoms with Gasteiger partial charge in [0.2, 0.25) is 5.91 Å². The minimum Gasteiger partial charge on any atom is -0.490 e. The monoisotopic (exact) mass is 489 g/mol. The first-order valence-electron chi connectivity index (χ1n) is 11.1. The number of carbonyl (C=O) groups excluding carboxylic acids is 1. The highest BCUT2D eigenvalue weighted by Gasteiger charge is 2.16. The maximum Gasteiger partial charge on any atom is 0.259 e. The molecule has 0 saturated heterocycles. The Morgan fingerprint density at radius 1 is 1.21 bits per heavy atom. The molecule has 2 heterocycles. The van der Waals surface area contributed by atoms with E-state index in [1.54, 1.807) is 0 Å². The first kappa shape index (κ1) is 25.1. The number of ether oxygens (including phenoxy) is 2. The maximum atomic E-state index is 12.5. The number of thiophene rings is 1. The molecule has 1 unspecified atom stereocenters. The third-order valence-corrected chi connectivity index (χ3v) is 7.50. The van der Waals surface area contributed by atoms with Crippen LogP contribution in [0.2, 0.25) is 0 Å². The Bertz CT molecular complexity index is 1170. The van der Waals surface area contributed by atoms with Crippen molar-refractivity contribution in [2.24, 2.45) is 0 Å². The topological polar surface area (TPSA) is 93.3 Å². The highest BCUT2D eigenvalue weighted by molar-refractivity contribution is 7.99. The molecule has 3 aromatic rings. The van der Waals surface area contributed by atoms with Crippen molar-refractivity contribution in [2.45, 2.75) is 52.0 Å². The summed E-state index contributed by atoms with van der Waals surface area (Å²) in [6.07, 6.45) is 0.693. The van der Waals surface area contributed by atoms with Gasteiger partial charge in [-0.25, -0.2) is 4.98 Å². The van der Waals surface area contributed by atoms with Gasteiger partial charge in [-0.2, -0.15) is 0 Å². The lowest BCUT2D eigenvalue weighted by atomic mass is 10.1. The van der Waals surface area contributed by atoms with E-state index in [0.29, 0.717) is 43.1 Å². The van der Waals surface area contributed by atoms with Gasteiger partial charge in [0.25, 0.3) is 5.56 Å². The van der Waals surface area contributed by atoms with Gasteiger partial charge in [0.1, 0.15) is 10.7 Å². The second kappa shape index (κ2) is 11.6. The zero-order chi connectivity index (χ0) is 24.0. The number of nitrogens with one attached hydrogen (secondary N) is 2. The number of carbonyl (C=O) groups is 1. The van der Waals surface area contributed by atoms with Crippen LogP contribution in [0.25, 0.3) is 10.2 Å². The molecule has 0 aliphatic heterocycles. The van der Waals surface area contributed by atoms with Crippen molar-refractivity contribution in [3.05, 3.63) is 50.4 Å². The first-order chi connectivity index (χ1) is 15.8. The summed E-state index contributed by atoms with van der Waals surface area (Å²) in [7, 11) is 0. The molecule has 0 spiro atoms. The molecule has 178 valence electrons. The molecule has 0 aliphatic rings. The number of hydrogen-bond acceptors (Lipinski definition) is 7.